The minimum atomic E-state index is -0.386. The lowest BCUT2D eigenvalue weighted by Gasteiger charge is -2.36. The van der Waals surface area contributed by atoms with E-state index in [-0.39, 0.29) is 5.41 Å². The second-order valence-corrected chi connectivity index (χ2v) is 6.44. The van der Waals surface area contributed by atoms with E-state index in [1.807, 2.05) is 42.7 Å². The van der Waals surface area contributed by atoms with E-state index in [0.29, 0.717) is 6.04 Å². The number of ether oxygens (including phenoxy) is 1. The molecule has 1 heterocycles. The average Bonchev–Trinajstić information content (AvgIpc) is 2.67. The molecule has 1 aromatic carbocycles. The van der Waals surface area contributed by atoms with Crippen LogP contribution in [0.5, 0.6) is 5.75 Å². The van der Waals surface area contributed by atoms with Crippen LogP contribution in [-0.2, 0) is 12.0 Å². The van der Waals surface area contributed by atoms with E-state index in [0.717, 1.165) is 43.5 Å². The predicted molar refractivity (Wildman–Crippen MR) is 93.6 cm³/mol. The molecular weight excluding hydrogens is 298 g/mol. The molecule has 4 nitrogen and oxygen atoms in total. The van der Waals surface area contributed by atoms with Crippen LogP contribution >= 0.6 is 0 Å². The maximum Gasteiger partial charge on any atom is 0.119 e. The van der Waals surface area contributed by atoms with E-state index in [1.54, 1.807) is 7.11 Å². The van der Waals surface area contributed by atoms with E-state index in [2.05, 4.69) is 22.4 Å². The minimum Gasteiger partial charge on any atom is -0.497 e. The Morgan fingerprint density at radius 1 is 1.25 bits per heavy atom. The highest BCUT2D eigenvalue weighted by Crippen LogP contribution is 2.40. The molecule has 0 unspecified atom stereocenters. The topological polar surface area (TPSA) is 57.9 Å². The van der Waals surface area contributed by atoms with Crippen LogP contribution in [0.2, 0.25) is 0 Å². The van der Waals surface area contributed by atoms with Gasteiger partial charge in [0.1, 0.15) is 5.75 Å². The van der Waals surface area contributed by atoms with Gasteiger partial charge < -0.3 is 10.1 Å². The number of methoxy groups -OCH3 is 1. The maximum absolute atomic E-state index is 9.83. The van der Waals surface area contributed by atoms with Crippen molar-refractivity contribution >= 4 is 0 Å². The normalized spacial score (nSPS) is 23.4. The molecule has 24 heavy (non-hydrogen) atoms. The van der Waals surface area contributed by atoms with E-state index in [4.69, 9.17) is 4.74 Å². The molecule has 0 bridgehead atoms. The molecule has 3 rings (SSSR count). The Labute approximate surface area is 143 Å². The van der Waals surface area contributed by atoms with E-state index in [9.17, 15) is 5.26 Å². The maximum atomic E-state index is 9.83. The number of aromatic nitrogens is 1. The zero-order valence-corrected chi connectivity index (χ0v) is 14.0. The smallest absolute Gasteiger partial charge is 0.119 e. The van der Waals surface area contributed by atoms with Crippen molar-refractivity contribution in [2.45, 2.75) is 43.7 Å². The Hall–Kier alpha value is -2.38. The van der Waals surface area contributed by atoms with Crippen LogP contribution in [0.4, 0.5) is 0 Å². The number of pyridine rings is 1. The molecule has 0 atom stereocenters. The first-order valence-corrected chi connectivity index (χ1v) is 8.44. The number of rotatable bonds is 5. The molecule has 4 heteroatoms. The molecule has 0 amide bonds. The van der Waals surface area contributed by atoms with Crippen LogP contribution in [0.3, 0.4) is 0 Å². The number of hydrogen-bond donors (Lipinski definition) is 1. The lowest BCUT2D eigenvalue weighted by Crippen LogP contribution is -2.38. The molecule has 1 saturated carbocycles. The number of nitriles is 1. The third-order valence-electron chi connectivity index (χ3n) is 5.02. The van der Waals surface area contributed by atoms with Crippen molar-refractivity contribution in [3.05, 3.63) is 59.9 Å². The number of nitrogens with zero attached hydrogens (tertiary/aromatic N) is 2. The van der Waals surface area contributed by atoms with Crippen LogP contribution < -0.4 is 10.1 Å². The molecule has 1 N–H and O–H groups in total. The Morgan fingerprint density at radius 3 is 2.67 bits per heavy atom. The van der Waals surface area contributed by atoms with Crippen LogP contribution in [0.25, 0.3) is 0 Å². The number of nitrogens with one attached hydrogen (secondary N) is 1. The molecule has 0 radical (unpaired) electrons. The molecular formula is C20H23N3O. The molecule has 1 fully saturated rings. The monoisotopic (exact) mass is 321 g/mol. The van der Waals surface area contributed by atoms with Crippen molar-refractivity contribution in [2.24, 2.45) is 0 Å². The van der Waals surface area contributed by atoms with Crippen molar-refractivity contribution < 1.29 is 4.74 Å². The summed E-state index contributed by atoms with van der Waals surface area (Å²) in [5.41, 5.74) is 1.94. The van der Waals surface area contributed by atoms with Gasteiger partial charge in [0.25, 0.3) is 0 Å². The summed E-state index contributed by atoms with van der Waals surface area (Å²) < 4.78 is 5.32. The van der Waals surface area contributed by atoms with Gasteiger partial charge in [-0.1, -0.05) is 12.1 Å². The summed E-state index contributed by atoms with van der Waals surface area (Å²) in [7, 11) is 1.66. The van der Waals surface area contributed by atoms with Gasteiger partial charge in [0.2, 0.25) is 0 Å². The summed E-state index contributed by atoms with van der Waals surface area (Å²) in [6.07, 6.45) is 7.42. The Morgan fingerprint density at radius 2 is 2.00 bits per heavy atom. The summed E-state index contributed by atoms with van der Waals surface area (Å²) in [6.45, 7) is 0.853. The molecule has 124 valence electrons. The van der Waals surface area contributed by atoms with Gasteiger partial charge in [0.15, 0.2) is 0 Å². The van der Waals surface area contributed by atoms with Gasteiger partial charge in [0, 0.05) is 25.0 Å². The first kappa shape index (κ1) is 16.5. The van der Waals surface area contributed by atoms with Gasteiger partial charge in [0.05, 0.1) is 18.6 Å². The quantitative estimate of drug-likeness (QED) is 0.914. The molecule has 1 aliphatic rings. The van der Waals surface area contributed by atoms with Gasteiger partial charge in [-0.15, -0.1) is 0 Å². The van der Waals surface area contributed by atoms with Crippen molar-refractivity contribution in [2.75, 3.05) is 7.11 Å². The molecule has 2 aromatic rings. The SMILES string of the molecule is COc1cccc(C2(C#N)CCC(NCc3ccncc3)CC2)c1. The number of hydrogen-bond acceptors (Lipinski definition) is 4. The van der Waals surface area contributed by atoms with Gasteiger partial charge in [-0.25, -0.2) is 0 Å². The largest absolute Gasteiger partial charge is 0.497 e. The van der Waals surface area contributed by atoms with Crippen LogP contribution in [-0.4, -0.2) is 18.1 Å². The van der Waals surface area contributed by atoms with Crippen molar-refractivity contribution in [3.8, 4) is 11.8 Å². The highest BCUT2D eigenvalue weighted by atomic mass is 16.5. The second kappa shape index (κ2) is 7.46. The molecule has 1 aliphatic carbocycles. The van der Waals surface area contributed by atoms with Gasteiger partial charge in [-0.2, -0.15) is 5.26 Å². The Kier molecular flexibility index (Phi) is 5.12. The zero-order chi connectivity index (χ0) is 16.8. The fraction of sp³-hybridized carbons (Fsp3) is 0.400. The lowest BCUT2D eigenvalue weighted by atomic mass is 9.69. The summed E-state index contributed by atoms with van der Waals surface area (Å²) in [4.78, 5) is 4.04. The molecule has 0 saturated heterocycles. The highest BCUT2D eigenvalue weighted by molar-refractivity contribution is 5.38. The second-order valence-electron chi connectivity index (χ2n) is 6.44. The van der Waals surface area contributed by atoms with Gasteiger partial charge in [-0.3, -0.25) is 4.98 Å². The average molecular weight is 321 g/mol. The zero-order valence-electron chi connectivity index (χ0n) is 14.0. The fourth-order valence-corrected chi connectivity index (χ4v) is 3.46. The number of benzene rings is 1. The third kappa shape index (κ3) is 3.58. The van der Waals surface area contributed by atoms with E-state index < -0.39 is 0 Å². The highest BCUT2D eigenvalue weighted by Gasteiger charge is 2.37. The summed E-state index contributed by atoms with van der Waals surface area (Å²) >= 11 is 0. The van der Waals surface area contributed by atoms with Crippen molar-refractivity contribution in [1.29, 1.82) is 5.26 Å². The third-order valence-corrected chi connectivity index (χ3v) is 5.02. The Balaban J connectivity index is 1.62. The van der Waals surface area contributed by atoms with Crippen molar-refractivity contribution in [3.63, 3.8) is 0 Å². The van der Waals surface area contributed by atoms with Crippen LogP contribution in [0.1, 0.15) is 36.8 Å². The predicted octanol–water partition coefficient (Wildman–Crippen LogP) is 3.58. The molecule has 0 spiro atoms. The molecule has 0 aliphatic heterocycles. The van der Waals surface area contributed by atoms with E-state index >= 15 is 0 Å². The summed E-state index contributed by atoms with van der Waals surface area (Å²) in [6, 6.07) is 15.1. The minimum absolute atomic E-state index is 0.386. The fourth-order valence-electron chi connectivity index (χ4n) is 3.46. The first-order valence-electron chi connectivity index (χ1n) is 8.44. The lowest BCUT2D eigenvalue weighted by molar-refractivity contribution is 0.294. The van der Waals surface area contributed by atoms with E-state index in [1.165, 1.54) is 5.56 Å². The summed E-state index contributed by atoms with van der Waals surface area (Å²) in [5, 5.41) is 13.4. The van der Waals surface area contributed by atoms with Gasteiger partial charge in [-0.05, 0) is 61.1 Å². The molecule has 1 aromatic heterocycles. The summed E-state index contributed by atoms with van der Waals surface area (Å²) in [5.74, 6) is 0.820. The van der Waals surface area contributed by atoms with Crippen molar-refractivity contribution in [1.82, 2.24) is 10.3 Å². The van der Waals surface area contributed by atoms with Crippen LogP contribution in [0.15, 0.2) is 48.8 Å². The first-order chi connectivity index (χ1) is 11.8. The Bertz CT molecular complexity index is 700. The van der Waals surface area contributed by atoms with Crippen LogP contribution in [0, 0.1) is 11.3 Å². The van der Waals surface area contributed by atoms with Gasteiger partial charge >= 0.3 is 0 Å². The standard InChI is InChI=1S/C20H23N3O/c1-24-19-4-2-3-17(13-19)20(15-21)9-5-18(6-10-20)23-14-16-7-11-22-12-8-16/h2-4,7-8,11-13,18,23H,5-6,9-10,14H2,1H3.